The number of nitrogens with one attached hydrogen (secondary N) is 1. The predicted octanol–water partition coefficient (Wildman–Crippen LogP) is 1.17. The van der Waals surface area contributed by atoms with Crippen LogP contribution in [0.1, 0.15) is 12.8 Å². The van der Waals surface area contributed by atoms with Crippen molar-refractivity contribution < 1.29 is 14.3 Å². The molecule has 0 spiro atoms. The Hall–Kier alpha value is -1.91. The summed E-state index contributed by atoms with van der Waals surface area (Å²) in [6, 6.07) is 6.04. The molecule has 0 radical (unpaired) electrons. The van der Waals surface area contributed by atoms with Crippen LogP contribution in [0.15, 0.2) is 18.2 Å². The van der Waals surface area contributed by atoms with E-state index in [4.69, 9.17) is 9.47 Å². The van der Waals surface area contributed by atoms with Gasteiger partial charge in [-0.25, -0.2) is 0 Å². The molecule has 0 saturated carbocycles. The quantitative estimate of drug-likeness (QED) is 0.825. The van der Waals surface area contributed by atoms with Crippen LogP contribution < -0.4 is 19.7 Å². The predicted molar refractivity (Wildman–Crippen MR) is 71.9 cm³/mol. The summed E-state index contributed by atoms with van der Waals surface area (Å²) in [6.45, 7) is 3.63. The van der Waals surface area contributed by atoms with E-state index in [9.17, 15) is 4.79 Å². The number of carbonyl (C=O) groups is 1. The van der Waals surface area contributed by atoms with Gasteiger partial charge in [-0.05, 0) is 18.6 Å². The van der Waals surface area contributed by atoms with Crippen molar-refractivity contribution in [3.05, 3.63) is 18.2 Å². The van der Waals surface area contributed by atoms with Gasteiger partial charge in [0.1, 0.15) is 13.2 Å². The number of anilines is 1. The largest absolute Gasteiger partial charge is 0.486 e. The minimum Gasteiger partial charge on any atom is -0.486 e. The lowest BCUT2D eigenvalue weighted by Gasteiger charge is -2.28. The van der Waals surface area contributed by atoms with Crippen LogP contribution in [0.4, 0.5) is 5.69 Å². The maximum Gasteiger partial charge on any atom is 0.220 e. The SMILES string of the molecule is O=C1CCCN(c2ccc3c(c2)OCCO3)CCN1. The number of hydrogen-bond donors (Lipinski definition) is 1. The third-order valence-corrected chi connectivity index (χ3v) is 3.43. The second-order valence-electron chi connectivity index (χ2n) is 4.77. The van der Waals surface area contributed by atoms with Crippen molar-refractivity contribution in [2.45, 2.75) is 12.8 Å². The first-order valence-corrected chi connectivity index (χ1v) is 6.74. The van der Waals surface area contributed by atoms with Crippen LogP contribution in [0.5, 0.6) is 11.5 Å². The van der Waals surface area contributed by atoms with Crippen LogP contribution >= 0.6 is 0 Å². The second kappa shape index (κ2) is 5.38. The van der Waals surface area contributed by atoms with Gasteiger partial charge in [-0.1, -0.05) is 0 Å². The van der Waals surface area contributed by atoms with Crippen molar-refractivity contribution in [3.8, 4) is 11.5 Å². The Morgan fingerprint density at radius 2 is 1.95 bits per heavy atom. The molecule has 1 N–H and O–H groups in total. The number of rotatable bonds is 1. The maximum atomic E-state index is 11.3. The number of fused-ring (bicyclic) bond motifs is 1. The lowest BCUT2D eigenvalue weighted by atomic mass is 10.2. The van der Waals surface area contributed by atoms with Crippen LogP contribution in [0.2, 0.25) is 0 Å². The van der Waals surface area contributed by atoms with Gasteiger partial charge in [-0.15, -0.1) is 0 Å². The smallest absolute Gasteiger partial charge is 0.220 e. The first-order valence-electron chi connectivity index (χ1n) is 6.74. The van der Waals surface area contributed by atoms with Crippen molar-refractivity contribution in [1.29, 1.82) is 0 Å². The van der Waals surface area contributed by atoms with Gasteiger partial charge in [0.2, 0.25) is 5.91 Å². The van der Waals surface area contributed by atoms with Crippen molar-refractivity contribution >= 4 is 11.6 Å². The average Bonchev–Trinajstić information content (AvgIpc) is 2.42. The standard InChI is InChI=1S/C14H18N2O3/c17-14-2-1-6-16(7-5-15-14)11-3-4-12-13(10-11)19-9-8-18-12/h3-4,10H,1-2,5-9H2,(H,15,17). The molecule has 2 heterocycles. The number of amides is 1. The molecule has 1 amide bonds. The van der Waals surface area contributed by atoms with Crippen molar-refractivity contribution in [1.82, 2.24) is 5.32 Å². The minimum atomic E-state index is 0.154. The van der Waals surface area contributed by atoms with Crippen LogP contribution in [0, 0.1) is 0 Å². The molecule has 2 aliphatic rings. The van der Waals surface area contributed by atoms with Gasteiger partial charge in [0.05, 0.1) is 0 Å². The monoisotopic (exact) mass is 262 g/mol. The summed E-state index contributed by atoms with van der Waals surface area (Å²) in [5.74, 6) is 1.78. The molecule has 1 fully saturated rings. The van der Waals surface area contributed by atoms with Gasteiger partial charge in [-0.3, -0.25) is 4.79 Å². The molecule has 0 atom stereocenters. The second-order valence-corrected chi connectivity index (χ2v) is 4.77. The molecule has 1 aromatic carbocycles. The molecular formula is C14H18N2O3. The maximum absolute atomic E-state index is 11.3. The molecule has 19 heavy (non-hydrogen) atoms. The average molecular weight is 262 g/mol. The molecule has 1 aromatic rings. The Bertz CT molecular complexity index is 464. The van der Waals surface area contributed by atoms with Gasteiger partial charge in [-0.2, -0.15) is 0 Å². The molecule has 0 aliphatic carbocycles. The summed E-state index contributed by atoms with van der Waals surface area (Å²) in [7, 11) is 0. The summed E-state index contributed by atoms with van der Waals surface area (Å²) in [4.78, 5) is 13.6. The third-order valence-electron chi connectivity index (χ3n) is 3.43. The Morgan fingerprint density at radius 3 is 2.84 bits per heavy atom. The summed E-state index contributed by atoms with van der Waals surface area (Å²) in [5, 5.41) is 2.91. The first-order chi connectivity index (χ1) is 9.33. The zero-order valence-electron chi connectivity index (χ0n) is 10.9. The fourth-order valence-electron chi connectivity index (χ4n) is 2.45. The van der Waals surface area contributed by atoms with E-state index in [0.29, 0.717) is 26.2 Å². The van der Waals surface area contributed by atoms with Crippen LogP contribution in [-0.4, -0.2) is 38.8 Å². The van der Waals surface area contributed by atoms with Crippen molar-refractivity contribution in [2.75, 3.05) is 37.7 Å². The molecule has 5 nitrogen and oxygen atoms in total. The minimum absolute atomic E-state index is 0.154. The van der Waals surface area contributed by atoms with Crippen LogP contribution in [-0.2, 0) is 4.79 Å². The van der Waals surface area contributed by atoms with Gasteiger partial charge in [0, 0.05) is 37.8 Å². The highest BCUT2D eigenvalue weighted by atomic mass is 16.6. The van der Waals surface area contributed by atoms with Gasteiger partial charge < -0.3 is 19.7 Å². The Kier molecular flexibility index (Phi) is 3.44. The zero-order valence-corrected chi connectivity index (χ0v) is 10.9. The normalized spacial score (nSPS) is 19.4. The zero-order chi connectivity index (χ0) is 13.1. The number of ether oxygens (including phenoxy) is 2. The third kappa shape index (κ3) is 2.75. The molecular weight excluding hydrogens is 244 g/mol. The molecule has 2 aliphatic heterocycles. The summed E-state index contributed by atoms with van der Waals surface area (Å²) in [6.07, 6.45) is 1.47. The first kappa shape index (κ1) is 12.1. The molecule has 5 heteroatoms. The van der Waals surface area contributed by atoms with Crippen LogP contribution in [0.3, 0.4) is 0 Å². The number of carbonyl (C=O) groups excluding carboxylic acids is 1. The fraction of sp³-hybridized carbons (Fsp3) is 0.500. The topological polar surface area (TPSA) is 50.8 Å². The van der Waals surface area contributed by atoms with E-state index in [1.165, 1.54) is 0 Å². The highest BCUT2D eigenvalue weighted by Crippen LogP contribution is 2.34. The molecule has 0 bridgehead atoms. The van der Waals surface area contributed by atoms with Crippen molar-refractivity contribution in [3.63, 3.8) is 0 Å². The molecule has 0 aromatic heterocycles. The molecule has 0 unspecified atom stereocenters. The van der Waals surface area contributed by atoms with E-state index >= 15 is 0 Å². The van der Waals surface area contributed by atoms with Gasteiger partial charge in [0.15, 0.2) is 11.5 Å². The van der Waals surface area contributed by atoms with Crippen LogP contribution in [0.25, 0.3) is 0 Å². The van der Waals surface area contributed by atoms with E-state index in [-0.39, 0.29) is 5.91 Å². The van der Waals surface area contributed by atoms with E-state index in [1.54, 1.807) is 0 Å². The summed E-state index contributed by atoms with van der Waals surface area (Å²) >= 11 is 0. The Balaban J connectivity index is 1.75. The fourth-order valence-corrected chi connectivity index (χ4v) is 2.45. The highest BCUT2D eigenvalue weighted by Gasteiger charge is 2.16. The molecule has 102 valence electrons. The van der Waals surface area contributed by atoms with Gasteiger partial charge in [0.25, 0.3) is 0 Å². The summed E-state index contributed by atoms with van der Waals surface area (Å²) in [5.41, 5.74) is 1.13. The van der Waals surface area contributed by atoms with E-state index in [0.717, 1.165) is 36.7 Å². The Labute approximate surface area is 112 Å². The lowest BCUT2D eigenvalue weighted by Crippen LogP contribution is -2.38. The number of nitrogens with zero attached hydrogens (tertiary/aromatic N) is 1. The lowest BCUT2D eigenvalue weighted by molar-refractivity contribution is -0.121. The van der Waals surface area contributed by atoms with Gasteiger partial charge >= 0.3 is 0 Å². The molecule has 3 rings (SSSR count). The summed E-state index contributed by atoms with van der Waals surface area (Å²) < 4.78 is 11.1. The molecule has 1 saturated heterocycles. The number of hydrogen-bond acceptors (Lipinski definition) is 4. The Morgan fingerprint density at radius 1 is 1.11 bits per heavy atom. The highest BCUT2D eigenvalue weighted by molar-refractivity contribution is 5.76. The van der Waals surface area contributed by atoms with E-state index < -0.39 is 0 Å². The van der Waals surface area contributed by atoms with E-state index in [2.05, 4.69) is 16.3 Å². The number of benzene rings is 1. The van der Waals surface area contributed by atoms with E-state index in [1.807, 2.05) is 12.1 Å². The van der Waals surface area contributed by atoms with Crippen molar-refractivity contribution in [2.24, 2.45) is 0 Å².